The first-order valence-corrected chi connectivity index (χ1v) is 12.8. The van der Waals surface area contributed by atoms with Crippen LogP contribution in [-0.4, -0.2) is 47.2 Å². The van der Waals surface area contributed by atoms with Crippen molar-refractivity contribution in [3.63, 3.8) is 0 Å². The molecule has 3 aromatic carbocycles. The fraction of sp³-hybridized carbons (Fsp3) is 0.269. The van der Waals surface area contributed by atoms with Gasteiger partial charge in [0.2, 0.25) is 10.0 Å². The third-order valence-corrected chi connectivity index (χ3v) is 6.46. The van der Waals surface area contributed by atoms with E-state index < -0.39 is 22.2 Å². The van der Waals surface area contributed by atoms with Crippen molar-refractivity contribution >= 4 is 16.1 Å². The van der Waals surface area contributed by atoms with Crippen LogP contribution in [0.3, 0.4) is 0 Å². The zero-order valence-corrected chi connectivity index (χ0v) is 20.7. The molecule has 1 unspecified atom stereocenters. The molecule has 1 aliphatic heterocycles. The van der Waals surface area contributed by atoms with Gasteiger partial charge in [-0.3, -0.25) is 0 Å². The van der Waals surface area contributed by atoms with Crippen molar-refractivity contribution < 1.29 is 27.4 Å². The number of nitrogens with zero attached hydrogens (tertiary/aromatic N) is 1. The topological polar surface area (TPSA) is 108 Å². The van der Waals surface area contributed by atoms with Crippen molar-refractivity contribution in [1.29, 1.82) is 0 Å². The number of primary sulfonamides is 1. The van der Waals surface area contributed by atoms with Crippen LogP contribution in [0.5, 0.6) is 11.5 Å². The number of carbonyl (C=O) groups excluding carboxylic acids is 1. The Morgan fingerprint density at radius 1 is 1.06 bits per heavy atom. The molecule has 8 nitrogen and oxygen atoms in total. The first-order valence-electron chi connectivity index (χ1n) is 11.1. The normalized spacial score (nSPS) is 14.3. The van der Waals surface area contributed by atoms with Crippen molar-refractivity contribution in [2.45, 2.75) is 18.3 Å². The van der Waals surface area contributed by atoms with Crippen LogP contribution >= 0.6 is 0 Å². The maximum Gasteiger partial charge on any atom is 0.409 e. The van der Waals surface area contributed by atoms with Gasteiger partial charge in [-0.25, -0.2) is 18.4 Å². The summed E-state index contributed by atoms with van der Waals surface area (Å²) < 4.78 is 40.8. The molecule has 0 spiro atoms. The summed E-state index contributed by atoms with van der Waals surface area (Å²) >= 11 is 0. The van der Waals surface area contributed by atoms with Crippen LogP contribution in [0.15, 0.2) is 60.7 Å². The Hall–Kier alpha value is -3.56. The highest BCUT2D eigenvalue weighted by atomic mass is 32.2. The Bertz CT molecular complexity index is 1350. The van der Waals surface area contributed by atoms with Crippen LogP contribution in [0.4, 0.5) is 4.79 Å². The molecule has 0 radical (unpaired) electrons. The van der Waals surface area contributed by atoms with Gasteiger partial charge in [-0.1, -0.05) is 48.5 Å². The van der Waals surface area contributed by atoms with E-state index in [2.05, 4.69) is 0 Å². The molecule has 0 saturated carbocycles. The Morgan fingerprint density at radius 2 is 1.83 bits per heavy atom. The molecule has 0 aliphatic carbocycles. The number of benzene rings is 3. The molecule has 35 heavy (non-hydrogen) atoms. The molecule has 0 fully saturated rings. The van der Waals surface area contributed by atoms with E-state index in [1.807, 2.05) is 54.6 Å². The molecule has 0 bridgehead atoms. The maximum atomic E-state index is 11.7. The standard InChI is InChI=1S/C26H28N2O6S/c1-28(2)26(29)33-13-12-17-6-4-7-19(14-17)25-21-15-18(16-35(27,30)31)10-11-20(21)24-22(32-3)8-5-9-23(24)34-25/h4-11,14-15,25H,12-13,16H2,1-3H3,(H2,27,30,31). The van der Waals surface area contributed by atoms with Gasteiger partial charge in [0, 0.05) is 26.1 Å². The Labute approximate surface area is 205 Å². The molecule has 9 heteroatoms. The van der Waals surface area contributed by atoms with Gasteiger partial charge in [0.1, 0.15) is 17.6 Å². The van der Waals surface area contributed by atoms with Gasteiger partial charge in [0.05, 0.1) is 25.0 Å². The summed E-state index contributed by atoms with van der Waals surface area (Å²) in [5.74, 6) is 1.06. The molecule has 4 rings (SSSR count). The van der Waals surface area contributed by atoms with Crippen LogP contribution < -0.4 is 14.6 Å². The zero-order chi connectivity index (χ0) is 25.2. The Kier molecular flexibility index (Phi) is 7.00. The highest BCUT2D eigenvalue weighted by molar-refractivity contribution is 7.88. The average molecular weight is 497 g/mol. The SMILES string of the molecule is COc1cccc2c1-c1ccc(CS(N)(=O)=O)cc1C(c1cccc(CCOC(=O)N(C)C)c1)O2. The molecule has 0 saturated heterocycles. The highest BCUT2D eigenvalue weighted by Gasteiger charge is 2.30. The molecule has 0 aromatic heterocycles. The summed E-state index contributed by atoms with van der Waals surface area (Å²) in [5.41, 5.74) is 4.98. The van der Waals surface area contributed by atoms with Crippen LogP contribution in [-0.2, 0) is 26.9 Å². The lowest BCUT2D eigenvalue weighted by Gasteiger charge is -2.30. The van der Waals surface area contributed by atoms with Crippen LogP contribution in [0.25, 0.3) is 11.1 Å². The second-order valence-corrected chi connectivity index (χ2v) is 10.2. The van der Waals surface area contributed by atoms with Gasteiger partial charge in [-0.05, 0) is 34.4 Å². The average Bonchev–Trinajstić information content (AvgIpc) is 2.82. The smallest absolute Gasteiger partial charge is 0.409 e. The molecule has 1 amide bonds. The first-order chi connectivity index (χ1) is 16.7. The lowest BCUT2D eigenvalue weighted by Crippen LogP contribution is -2.23. The number of carbonyl (C=O) groups is 1. The Balaban J connectivity index is 1.72. The van der Waals surface area contributed by atoms with E-state index in [-0.39, 0.29) is 12.4 Å². The van der Waals surface area contributed by atoms with Crippen molar-refractivity contribution in [3.05, 3.63) is 82.9 Å². The van der Waals surface area contributed by atoms with Gasteiger partial charge in [0.15, 0.2) is 0 Å². The van der Waals surface area contributed by atoms with Gasteiger partial charge < -0.3 is 19.1 Å². The third kappa shape index (κ3) is 5.58. The van der Waals surface area contributed by atoms with Gasteiger partial charge >= 0.3 is 6.09 Å². The number of hydrogen-bond acceptors (Lipinski definition) is 6. The van der Waals surface area contributed by atoms with Crippen molar-refractivity contribution in [2.24, 2.45) is 5.14 Å². The van der Waals surface area contributed by atoms with E-state index in [9.17, 15) is 13.2 Å². The van der Waals surface area contributed by atoms with E-state index in [0.29, 0.717) is 23.5 Å². The summed E-state index contributed by atoms with van der Waals surface area (Å²) in [4.78, 5) is 13.1. The number of sulfonamides is 1. The lowest BCUT2D eigenvalue weighted by molar-refractivity contribution is 0.119. The predicted molar refractivity (Wildman–Crippen MR) is 133 cm³/mol. The minimum Gasteiger partial charge on any atom is -0.496 e. The number of methoxy groups -OCH3 is 1. The number of nitrogens with two attached hydrogens (primary N) is 1. The molecular weight excluding hydrogens is 468 g/mol. The third-order valence-electron chi connectivity index (χ3n) is 5.72. The lowest BCUT2D eigenvalue weighted by atomic mass is 9.87. The molecule has 1 heterocycles. The molecular formula is C26H28N2O6S. The zero-order valence-electron chi connectivity index (χ0n) is 19.9. The molecule has 2 N–H and O–H groups in total. The van der Waals surface area contributed by atoms with Crippen molar-refractivity contribution in [3.8, 4) is 22.6 Å². The van der Waals surface area contributed by atoms with E-state index in [1.54, 1.807) is 27.3 Å². The largest absolute Gasteiger partial charge is 0.496 e. The van der Waals surface area contributed by atoms with Crippen LogP contribution in [0.1, 0.15) is 28.4 Å². The number of ether oxygens (including phenoxy) is 3. The number of rotatable bonds is 7. The van der Waals surface area contributed by atoms with E-state index in [0.717, 1.165) is 27.8 Å². The number of fused-ring (bicyclic) bond motifs is 3. The van der Waals surface area contributed by atoms with E-state index >= 15 is 0 Å². The van der Waals surface area contributed by atoms with E-state index in [4.69, 9.17) is 19.3 Å². The van der Waals surface area contributed by atoms with Crippen LogP contribution in [0.2, 0.25) is 0 Å². The van der Waals surface area contributed by atoms with Gasteiger partial charge in [-0.2, -0.15) is 0 Å². The number of hydrogen-bond donors (Lipinski definition) is 1. The summed E-state index contributed by atoms with van der Waals surface area (Å²) in [6.45, 7) is 0.251. The highest BCUT2D eigenvalue weighted by Crippen LogP contribution is 2.49. The summed E-state index contributed by atoms with van der Waals surface area (Å²) in [6, 6.07) is 18.9. The maximum absolute atomic E-state index is 11.7. The summed E-state index contributed by atoms with van der Waals surface area (Å²) in [5, 5.41) is 5.30. The second kappa shape index (κ2) is 9.97. The molecule has 1 aliphatic rings. The van der Waals surface area contributed by atoms with Crippen LogP contribution in [0, 0.1) is 0 Å². The van der Waals surface area contributed by atoms with Gasteiger partial charge in [-0.15, -0.1) is 0 Å². The molecule has 184 valence electrons. The Morgan fingerprint density at radius 3 is 2.54 bits per heavy atom. The molecule has 3 aromatic rings. The number of amides is 1. The first kappa shape index (κ1) is 24.6. The van der Waals surface area contributed by atoms with Gasteiger partial charge in [0.25, 0.3) is 0 Å². The fourth-order valence-electron chi connectivity index (χ4n) is 4.16. The van der Waals surface area contributed by atoms with Crippen molar-refractivity contribution in [2.75, 3.05) is 27.8 Å². The summed E-state index contributed by atoms with van der Waals surface area (Å²) in [7, 11) is 1.17. The molecule has 1 atom stereocenters. The fourth-order valence-corrected chi connectivity index (χ4v) is 4.80. The second-order valence-electron chi connectivity index (χ2n) is 8.56. The summed E-state index contributed by atoms with van der Waals surface area (Å²) in [6.07, 6.45) is -0.323. The predicted octanol–water partition coefficient (Wildman–Crippen LogP) is 3.87. The minimum absolute atomic E-state index is 0.251. The van der Waals surface area contributed by atoms with Crippen molar-refractivity contribution in [1.82, 2.24) is 4.90 Å². The minimum atomic E-state index is -3.70. The monoisotopic (exact) mass is 496 g/mol. The quantitative estimate of drug-likeness (QED) is 0.532. The van der Waals surface area contributed by atoms with E-state index in [1.165, 1.54) is 4.90 Å².